The zero-order chi connectivity index (χ0) is 56.6. The van der Waals surface area contributed by atoms with E-state index in [9.17, 15) is 106 Å². The fourth-order valence-electron chi connectivity index (χ4n) is 11.1. The van der Waals surface area contributed by atoms with Crippen molar-refractivity contribution < 1.29 is 159 Å². The van der Waals surface area contributed by atoms with Crippen molar-refractivity contribution in [1.29, 1.82) is 0 Å². The molecule has 6 aliphatic heterocycles. The number of fused-ring (bicyclic) bond motifs is 4. The van der Waals surface area contributed by atoms with Gasteiger partial charge in [-0.05, 0) is 30.3 Å². The molecular formula is C46H38O32. The van der Waals surface area contributed by atoms with Gasteiger partial charge in [0, 0.05) is 23.1 Å². The molecule has 0 radical (unpaired) electrons. The SMILES string of the molecule is O=C(O[C@@H]1O[C@@H]2COC(=O)c3cc(O)c(O)c(O)c3-c3c(cc(O)c(O)c3O)C(=O)O[C@@H]3[C@H]1OC(=O)[C@@]14C[C@]5(O)OC[C@@H](O)[C@@H]5O[C@@H]1C(O)(O)C(O)(O)[C@]1(O)Oc5c(O)c(O)cc(c5C41)C(=O)O[C@@H]32)c1cc(O)c(O)c(O)c1. The Bertz CT molecular complexity index is 3350. The summed E-state index contributed by atoms with van der Waals surface area (Å²) in [5.41, 5.74) is -11.5. The Hall–Kier alpha value is -8.57. The number of carbonyl (C=O) groups is 5. The van der Waals surface area contributed by atoms with Gasteiger partial charge in [-0.2, -0.15) is 0 Å². The lowest BCUT2D eigenvalue weighted by molar-refractivity contribution is -0.508. The van der Waals surface area contributed by atoms with Crippen LogP contribution in [0.3, 0.4) is 0 Å². The van der Waals surface area contributed by atoms with Gasteiger partial charge in [0.25, 0.3) is 17.4 Å². The molecule has 414 valence electrons. The fourth-order valence-corrected chi connectivity index (χ4v) is 11.1. The molecule has 12 atom stereocenters. The zero-order valence-electron chi connectivity index (χ0n) is 38.5. The maximum atomic E-state index is 16.0. The molecule has 1 unspecified atom stereocenters. The van der Waals surface area contributed by atoms with Crippen molar-refractivity contribution >= 4 is 29.8 Å². The topological polar surface area (TPSA) is 533 Å². The second-order valence-corrected chi connectivity index (χ2v) is 19.1. The van der Waals surface area contributed by atoms with Gasteiger partial charge in [-0.1, -0.05) is 0 Å². The average molecular weight is 1100 g/mol. The normalized spacial score (nSPS) is 32.9. The Morgan fingerprint density at radius 3 is 1.74 bits per heavy atom. The monoisotopic (exact) mass is 1100 g/mol. The molecule has 3 saturated heterocycles. The molecule has 1 spiro atoms. The molecular weight excluding hydrogens is 1060 g/mol. The summed E-state index contributed by atoms with van der Waals surface area (Å²) in [4.78, 5) is 74.3. The molecule has 32 heteroatoms. The quantitative estimate of drug-likeness (QED) is 0.0398. The highest BCUT2D eigenvalue weighted by atomic mass is 16.8. The van der Waals surface area contributed by atoms with Crippen LogP contribution >= 0.6 is 0 Å². The first-order valence-corrected chi connectivity index (χ1v) is 22.5. The smallest absolute Gasteiger partial charge is 0.340 e. The molecule has 4 aromatic carbocycles. The molecule has 78 heavy (non-hydrogen) atoms. The van der Waals surface area contributed by atoms with E-state index in [1.54, 1.807) is 0 Å². The van der Waals surface area contributed by atoms with Crippen molar-refractivity contribution in [1.82, 2.24) is 0 Å². The van der Waals surface area contributed by atoms with Crippen LogP contribution in [0.2, 0.25) is 0 Å². The summed E-state index contributed by atoms with van der Waals surface area (Å²) in [6.07, 6.45) is -22.3. The van der Waals surface area contributed by atoms with Gasteiger partial charge in [-0.15, -0.1) is 0 Å². The fraction of sp³-hybridized carbons (Fsp3) is 0.370. The van der Waals surface area contributed by atoms with Crippen LogP contribution in [0.5, 0.6) is 69.0 Å². The van der Waals surface area contributed by atoms with Crippen LogP contribution in [0, 0.1) is 5.41 Å². The highest BCUT2D eigenvalue weighted by molar-refractivity contribution is 6.08. The number of phenolic OH excluding ortho intramolecular Hbond substituents is 11. The van der Waals surface area contributed by atoms with Crippen molar-refractivity contribution in [2.24, 2.45) is 5.41 Å². The summed E-state index contributed by atoms with van der Waals surface area (Å²) in [6.45, 7) is -2.29. The summed E-state index contributed by atoms with van der Waals surface area (Å²) < 4.78 is 51.2. The standard InChI is InChI=1S/C46H38O32/c47-13-1-9(2-14(48)23(13)53)35(59)77-39-32-31-29(19(72-39)7-70-36(60)10-3-15(49)24(54)27(57)20(10)21-11(37(61)74-31)4-16(50)25(55)28(21)58)73-38(62)12-5-17(51)26(56)30-22(12)33-42(41(63)75-32)8-43(64)34(18(52)6-71-43)76-40(42)44(65,66)46(68,69)45(33,67)78-30/h1-5,18-19,29,31-34,39-40,47-58,64-69H,6-8H2/t18-,19-,29-,31+,32-,33?,34+,39+,40+,42-,43+,45-/m1/s1. The summed E-state index contributed by atoms with van der Waals surface area (Å²) in [5.74, 6) is -45.4. The van der Waals surface area contributed by atoms with Crippen LogP contribution in [0.1, 0.15) is 59.3 Å². The zero-order valence-corrected chi connectivity index (χ0v) is 38.5. The number of aliphatic hydroxyl groups is 7. The Morgan fingerprint density at radius 2 is 1.13 bits per heavy atom. The Kier molecular flexibility index (Phi) is 10.9. The minimum Gasteiger partial charge on any atom is -0.504 e. The number of rotatable bonds is 2. The number of benzene rings is 4. The Morgan fingerprint density at radius 1 is 0.590 bits per heavy atom. The van der Waals surface area contributed by atoms with Crippen molar-refractivity contribution in [2.75, 3.05) is 13.2 Å². The maximum Gasteiger partial charge on any atom is 0.340 e. The predicted molar refractivity (Wildman–Crippen MR) is 231 cm³/mol. The van der Waals surface area contributed by atoms with Crippen LogP contribution in [0.15, 0.2) is 30.3 Å². The van der Waals surface area contributed by atoms with Crippen molar-refractivity contribution in [3.05, 3.63) is 58.1 Å². The van der Waals surface area contributed by atoms with E-state index in [4.69, 9.17) is 42.6 Å². The van der Waals surface area contributed by atoms with Gasteiger partial charge < -0.3 is 135 Å². The number of aromatic hydroxyl groups is 11. The third-order valence-electron chi connectivity index (χ3n) is 14.7. The third kappa shape index (κ3) is 6.66. The molecule has 11 rings (SSSR count). The second kappa shape index (κ2) is 16.5. The number of ether oxygens (including phenoxy) is 9. The number of esters is 5. The highest BCUT2D eigenvalue weighted by Crippen LogP contribution is 2.71. The van der Waals surface area contributed by atoms with Crippen molar-refractivity contribution in [2.45, 2.75) is 84.5 Å². The van der Waals surface area contributed by atoms with Crippen LogP contribution in [0.25, 0.3) is 11.1 Å². The van der Waals surface area contributed by atoms with Gasteiger partial charge in [0.15, 0.2) is 69.7 Å². The van der Waals surface area contributed by atoms with E-state index in [1.807, 2.05) is 0 Å². The molecule has 0 amide bonds. The summed E-state index contributed by atoms with van der Waals surface area (Å²) in [6, 6.07) is 2.08. The van der Waals surface area contributed by atoms with E-state index in [0.717, 1.165) is 0 Å². The number of carbonyl (C=O) groups excluding carboxylic acids is 5. The lowest BCUT2D eigenvalue weighted by Gasteiger charge is -2.63. The first-order valence-electron chi connectivity index (χ1n) is 22.5. The molecule has 7 aliphatic rings. The van der Waals surface area contributed by atoms with Crippen molar-refractivity contribution in [3.63, 3.8) is 0 Å². The van der Waals surface area contributed by atoms with Crippen LogP contribution < -0.4 is 4.74 Å². The van der Waals surface area contributed by atoms with Crippen molar-refractivity contribution in [3.8, 4) is 80.1 Å². The molecule has 6 heterocycles. The number of phenols is 11. The van der Waals surface area contributed by atoms with E-state index < -0.39 is 241 Å². The van der Waals surface area contributed by atoms with E-state index in [0.29, 0.717) is 30.3 Å². The van der Waals surface area contributed by atoms with Crippen LogP contribution in [0.4, 0.5) is 0 Å². The minimum atomic E-state index is -4.64. The summed E-state index contributed by atoms with van der Waals surface area (Å²) in [7, 11) is 0. The first-order chi connectivity index (χ1) is 36.4. The van der Waals surface area contributed by atoms with Gasteiger partial charge in [0.05, 0.1) is 34.8 Å². The maximum absolute atomic E-state index is 16.0. The number of cyclic esters (lactones) is 1. The summed E-state index contributed by atoms with van der Waals surface area (Å²) >= 11 is 0. The predicted octanol–water partition coefficient (Wildman–Crippen LogP) is -3.69. The first kappa shape index (κ1) is 51.5. The second-order valence-electron chi connectivity index (χ2n) is 19.1. The summed E-state index contributed by atoms with van der Waals surface area (Å²) in [5, 5.41) is 201. The van der Waals surface area contributed by atoms with Crippen LogP contribution in [-0.2, 0) is 42.7 Å². The van der Waals surface area contributed by atoms with E-state index in [1.165, 1.54) is 0 Å². The number of hydrogen-bond acceptors (Lipinski definition) is 32. The minimum absolute atomic E-state index is 0.311. The largest absolute Gasteiger partial charge is 0.504 e. The van der Waals surface area contributed by atoms with E-state index >= 15 is 9.59 Å². The Labute approximate surface area is 429 Å². The van der Waals surface area contributed by atoms with Gasteiger partial charge in [-0.3, -0.25) is 4.79 Å². The molecule has 1 aliphatic carbocycles. The van der Waals surface area contributed by atoms with Crippen LogP contribution in [-0.4, -0.2) is 207 Å². The van der Waals surface area contributed by atoms with Gasteiger partial charge in [0.2, 0.25) is 29.6 Å². The molecule has 18 N–H and O–H groups in total. The lowest BCUT2D eigenvalue weighted by Crippen LogP contribution is -2.86. The molecule has 4 fully saturated rings. The van der Waals surface area contributed by atoms with E-state index in [2.05, 4.69) is 0 Å². The van der Waals surface area contributed by atoms with Gasteiger partial charge in [-0.25, -0.2) is 19.2 Å². The van der Waals surface area contributed by atoms with E-state index in [-0.39, 0.29) is 0 Å². The average Bonchev–Trinajstić information content (AvgIpc) is 3.64. The number of aliphatic hydroxyl groups excluding tert-OH is 1. The Balaban J connectivity index is 1.19. The third-order valence-corrected chi connectivity index (χ3v) is 14.7. The molecule has 4 aromatic rings. The van der Waals surface area contributed by atoms with Gasteiger partial charge >= 0.3 is 29.8 Å². The molecule has 0 aromatic heterocycles. The van der Waals surface area contributed by atoms with Gasteiger partial charge in [0.1, 0.15) is 36.4 Å². The molecule has 1 saturated carbocycles. The number of hydrogen-bond donors (Lipinski definition) is 18. The lowest BCUT2D eigenvalue weighted by atomic mass is 9.52. The highest BCUT2D eigenvalue weighted by Gasteiger charge is 2.88. The molecule has 4 bridgehead atoms. The molecule has 32 nitrogen and oxygen atoms in total.